The fourth-order valence-electron chi connectivity index (χ4n) is 5.98. The highest BCUT2D eigenvalue weighted by Crippen LogP contribution is 2.28. The second-order valence-electron chi connectivity index (χ2n) is 12.9. The maximum atomic E-state index is 14.0. The summed E-state index contributed by atoms with van der Waals surface area (Å²) in [6.07, 6.45) is 11.7. The Balaban J connectivity index is 2.47. The predicted molar refractivity (Wildman–Crippen MR) is 193 cm³/mol. The molecule has 2 amide bonds. The number of rotatable bonds is 21. The van der Waals surface area contributed by atoms with Crippen LogP contribution in [-0.4, -0.2) is 39.6 Å². The van der Waals surface area contributed by atoms with Crippen LogP contribution in [0.1, 0.15) is 140 Å². The molecule has 2 N–H and O–H groups in total. The lowest BCUT2D eigenvalue weighted by atomic mass is 9.95. The van der Waals surface area contributed by atoms with Gasteiger partial charge < -0.3 is 10.0 Å². The van der Waals surface area contributed by atoms with Crippen molar-refractivity contribution in [1.29, 1.82) is 5.26 Å². The number of carbonyl (C=O) groups excluding carboxylic acids is 2. The van der Waals surface area contributed by atoms with E-state index in [0.29, 0.717) is 53.7 Å². The fourth-order valence-corrected chi connectivity index (χ4v) is 5.98. The molecule has 2 aromatic rings. The van der Waals surface area contributed by atoms with Crippen molar-refractivity contribution in [2.75, 3.05) is 18.5 Å². The predicted octanol–water partition coefficient (Wildman–Crippen LogP) is 9.31. The fraction of sp³-hybridized carbons (Fsp3) is 0.632. The largest absolute Gasteiger partial charge is 0.492 e. The van der Waals surface area contributed by atoms with Crippen molar-refractivity contribution in [2.45, 2.75) is 126 Å². The Morgan fingerprint density at radius 3 is 2.02 bits per heavy atom. The second-order valence-corrected chi connectivity index (χ2v) is 12.9. The first-order valence-electron chi connectivity index (χ1n) is 18.1. The third kappa shape index (κ3) is 11.3. The summed E-state index contributed by atoms with van der Waals surface area (Å²) in [7, 11) is 0. The molecular formula is C38H58N6O4. The number of nitrogens with one attached hydrogen (secondary N) is 1. The van der Waals surface area contributed by atoms with Crippen LogP contribution in [0.4, 0.5) is 11.4 Å². The van der Waals surface area contributed by atoms with Crippen LogP contribution in [0.25, 0.3) is 0 Å². The Bertz CT molecular complexity index is 1440. The molecule has 0 aliphatic heterocycles. The number of hydrogen-bond donors (Lipinski definition) is 2. The number of nitriles is 1. The Kier molecular flexibility index (Phi) is 17.6. The van der Waals surface area contributed by atoms with E-state index in [1.165, 1.54) is 6.92 Å². The van der Waals surface area contributed by atoms with E-state index in [1.807, 2.05) is 24.8 Å². The summed E-state index contributed by atoms with van der Waals surface area (Å²) >= 11 is 0. The lowest BCUT2D eigenvalue weighted by molar-refractivity contribution is -0.121. The zero-order valence-corrected chi connectivity index (χ0v) is 30.3. The lowest BCUT2D eigenvalue weighted by Crippen LogP contribution is -2.39. The zero-order valence-electron chi connectivity index (χ0n) is 30.3. The monoisotopic (exact) mass is 662 g/mol. The van der Waals surface area contributed by atoms with Gasteiger partial charge in [0.25, 0.3) is 11.5 Å². The molecule has 264 valence electrons. The molecule has 0 radical (unpaired) electrons. The highest BCUT2D eigenvalue weighted by atomic mass is 16.3. The van der Waals surface area contributed by atoms with E-state index in [9.17, 15) is 24.8 Å². The molecule has 0 saturated heterocycles. The average Bonchev–Trinajstić information content (AvgIpc) is 3.09. The summed E-state index contributed by atoms with van der Waals surface area (Å²) in [4.78, 5) is 42.6. The first kappa shape index (κ1) is 40.2. The molecule has 2 rings (SSSR count). The van der Waals surface area contributed by atoms with Gasteiger partial charge in [-0.15, -0.1) is 5.11 Å². The van der Waals surface area contributed by atoms with E-state index < -0.39 is 17.3 Å². The molecular weight excluding hydrogens is 604 g/mol. The van der Waals surface area contributed by atoms with Gasteiger partial charge in [-0.2, -0.15) is 15.1 Å². The minimum Gasteiger partial charge on any atom is -0.492 e. The molecule has 1 heterocycles. The first-order valence-corrected chi connectivity index (χ1v) is 18.1. The Morgan fingerprint density at radius 1 is 0.917 bits per heavy atom. The number of benzene rings is 1. The standard InChI is InChI=1S/C38H58N6O4/c1-8-14-18-28(11-4)25-43(26-29(12-5)19-15-9-2)36(46)31-21-17-22-32(23-31)40-41-34-27(7)33(24-39)37(47)44(38(34)48)42-35(45)30(13-6)20-16-10-3/h17,21-23,28-30,47H,8-16,18-20,25-26H2,1-7H3,(H,42,45). The molecule has 0 fully saturated rings. The minimum atomic E-state index is -0.805. The normalized spacial score (nSPS) is 13.2. The van der Waals surface area contributed by atoms with Crippen molar-refractivity contribution in [3.8, 4) is 11.9 Å². The van der Waals surface area contributed by atoms with Crippen LogP contribution in [0.5, 0.6) is 5.88 Å². The summed E-state index contributed by atoms with van der Waals surface area (Å²) in [5.41, 5.74) is 2.31. The summed E-state index contributed by atoms with van der Waals surface area (Å²) < 4.78 is 0.681. The Labute approximate surface area is 287 Å². The summed E-state index contributed by atoms with van der Waals surface area (Å²) in [5, 5.41) is 29.0. The SMILES string of the molecule is CCCCC(CC)CN(CC(CC)CCCC)C(=O)c1cccc(N=Nc2c(C)c(C#N)c(O)n(NC(=O)C(CC)CCCC)c2=O)c1. The zero-order chi connectivity index (χ0) is 35.6. The summed E-state index contributed by atoms with van der Waals surface area (Å²) in [5.74, 6) is -0.633. The van der Waals surface area contributed by atoms with Crippen molar-refractivity contribution in [2.24, 2.45) is 28.0 Å². The van der Waals surface area contributed by atoms with Crippen LogP contribution in [0.3, 0.4) is 0 Å². The third-order valence-electron chi connectivity index (χ3n) is 9.36. The van der Waals surface area contributed by atoms with Gasteiger partial charge in [0.2, 0.25) is 11.8 Å². The molecule has 3 unspecified atom stereocenters. The third-order valence-corrected chi connectivity index (χ3v) is 9.36. The van der Waals surface area contributed by atoms with E-state index in [-0.39, 0.29) is 28.6 Å². The van der Waals surface area contributed by atoms with Crippen LogP contribution in [0.15, 0.2) is 39.3 Å². The smallest absolute Gasteiger partial charge is 0.300 e. The van der Waals surface area contributed by atoms with Crippen molar-refractivity contribution < 1.29 is 14.7 Å². The van der Waals surface area contributed by atoms with E-state index in [2.05, 4.69) is 43.3 Å². The summed E-state index contributed by atoms with van der Waals surface area (Å²) in [6.45, 7) is 15.6. The molecule has 0 spiro atoms. The summed E-state index contributed by atoms with van der Waals surface area (Å²) in [6, 6.07) is 8.79. The van der Waals surface area contributed by atoms with Gasteiger partial charge in [0.1, 0.15) is 11.6 Å². The topological polar surface area (TPSA) is 140 Å². The maximum Gasteiger partial charge on any atom is 0.300 e. The minimum absolute atomic E-state index is 0.0526. The molecule has 0 aliphatic carbocycles. The lowest BCUT2D eigenvalue weighted by Gasteiger charge is -2.31. The van der Waals surface area contributed by atoms with Crippen LogP contribution < -0.4 is 11.0 Å². The highest BCUT2D eigenvalue weighted by molar-refractivity contribution is 5.95. The number of aromatic hydroxyl groups is 1. The molecule has 0 saturated carbocycles. The number of carbonyl (C=O) groups is 2. The van der Waals surface area contributed by atoms with Gasteiger partial charge in [-0.3, -0.25) is 19.8 Å². The maximum absolute atomic E-state index is 14.0. The highest BCUT2D eigenvalue weighted by Gasteiger charge is 2.25. The number of aromatic nitrogens is 1. The molecule has 3 atom stereocenters. The number of pyridine rings is 1. The number of azo groups is 1. The number of amides is 2. The van der Waals surface area contributed by atoms with Crippen LogP contribution >= 0.6 is 0 Å². The van der Waals surface area contributed by atoms with Gasteiger partial charge in [-0.25, -0.2) is 0 Å². The molecule has 10 nitrogen and oxygen atoms in total. The van der Waals surface area contributed by atoms with Crippen molar-refractivity contribution in [3.05, 3.63) is 51.3 Å². The van der Waals surface area contributed by atoms with E-state index >= 15 is 0 Å². The average molecular weight is 663 g/mol. The van der Waals surface area contributed by atoms with E-state index in [4.69, 9.17) is 0 Å². The first-order chi connectivity index (χ1) is 23.1. The van der Waals surface area contributed by atoms with Gasteiger partial charge in [0.05, 0.1) is 5.69 Å². The molecule has 0 aliphatic rings. The van der Waals surface area contributed by atoms with Gasteiger partial charge in [0.15, 0.2) is 5.69 Å². The molecule has 48 heavy (non-hydrogen) atoms. The van der Waals surface area contributed by atoms with Gasteiger partial charge in [-0.1, -0.05) is 99.0 Å². The number of unbranched alkanes of at least 4 members (excludes halogenated alkanes) is 3. The molecule has 10 heteroatoms. The van der Waals surface area contributed by atoms with Crippen LogP contribution in [-0.2, 0) is 4.79 Å². The Morgan fingerprint density at radius 2 is 1.50 bits per heavy atom. The van der Waals surface area contributed by atoms with Crippen molar-refractivity contribution in [3.63, 3.8) is 0 Å². The Hall–Kier alpha value is -4.00. The van der Waals surface area contributed by atoms with E-state index in [1.54, 1.807) is 24.3 Å². The van der Waals surface area contributed by atoms with Gasteiger partial charge in [-0.05, 0) is 62.6 Å². The van der Waals surface area contributed by atoms with Crippen molar-refractivity contribution in [1.82, 2.24) is 9.58 Å². The number of hydrogen-bond acceptors (Lipinski definition) is 7. The quantitative estimate of drug-likeness (QED) is 0.128. The van der Waals surface area contributed by atoms with E-state index in [0.717, 1.165) is 64.2 Å². The van der Waals surface area contributed by atoms with Crippen LogP contribution in [0, 0.1) is 36.0 Å². The number of nitrogens with zero attached hydrogens (tertiary/aromatic N) is 5. The van der Waals surface area contributed by atoms with Gasteiger partial charge >= 0.3 is 0 Å². The second kappa shape index (κ2) is 21.1. The molecule has 1 aromatic carbocycles. The van der Waals surface area contributed by atoms with Crippen molar-refractivity contribution >= 4 is 23.2 Å². The van der Waals surface area contributed by atoms with Gasteiger partial charge in [0, 0.05) is 30.1 Å². The molecule has 1 aromatic heterocycles. The van der Waals surface area contributed by atoms with Crippen LogP contribution in [0.2, 0.25) is 0 Å². The molecule has 0 bridgehead atoms.